The van der Waals surface area contributed by atoms with Crippen LogP contribution in [-0.2, 0) is 6.54 Å². The number of piperidine rings is 1. The van der Waals surface area contributed by atoms with Gasteiger partial charge in [0.1, 0.15) is 4.83 Å². The number of fused-ring (bicyclic) bond motifs is 1. The van der Waals surface area contributed by atoms with Crippen LogP contribution < -0.4 is 5.32 Å². The molecule has 1 saturated heterocycles. The number of hydrogen-bond acceptors (Lipinski definition) is 4. The van der Waals surface area contributed by atoms with Crippen LogP contribution in [0.2, 0.25) is 0 Å². The molecule has 3 heterocycles. The van der Waals surface area contributed by atoms with E-state index in [-0.39, 0.29) is 18.3 Å². The number of aryl methyl sites for hydroxylation is 1. The van der Waals surface area contributed by atoms with Gasteiger partial charge in [0.05, 0.1) is 17.1 Å². The molecule has 0 aliphatic carbocycles. The first-order chi connectivity index (χ1) is 12.6. The van der Waals surface area contributed by atoms with Gasteiger partial charge in [-0.25, -0.2) is 0 Å². The molecule has 3 aromatic rings. The van der Waals surface area contributed by atoms with Crippen molar-refractivity contribution in [1.82, 2.24) is 20.0 Å². The molecule has 1 aliphatic heterocycles. The fourth-order valence-corrected chi connectivity index (χ4v) is 4.76. The van der Waals surface area contributed by atoms with Crippen molar-refractivity contribution < 1.29 is 4.79 Å². The van der Waals surface area contributed by atoms with E-state index in [1.54, 1.807) is 11.3 Å². The van der Waals surface area contributed by atoms with E-state index in [1.165, 1.54) is 5.56 Å². The van der Waals surface area contributed by atoms with Gasteiger partial charge in [0.15, 0.2) is 0 Å². The minimum atomic E-state index is 0. The highest BCUT2D eigenvalue weighted by Crippen LogP contribution is 2.30. The van der Waals surface area contributed by atoms with Gasteiger partial charge >= 0.3 is 0 Å². The van der Waals surface area contributed by atoms with Gasteiger partial charge in [-0.15, -0.1) is 23.7 Å². The van der Waals surface area contributed by atoms with Crippen LogP contribution in [0.15, 0.2) is 36.4 Å². The van der Waals surface area contributed by atoms with Gasteiger partial charge in [-0.3, -0.25) is 9.48 Å². The minimum absolute atomic E-state index is 0. The number of amides is 1. The second kappa shape index (κ2) is 8.42. The second-order valence-electron chi connectivity index (χ2n) is 6.96. The number of nitrogens with zero attached hydrogens (tertiary/aromatic N) is 3. The highest BCUT2D eigenvalue weighted by atomic mass is 35.5. The molecule has 0 atom stereocenters. The molecule has 1 aliphatic rings. The molecule has 0 saturated carbocycles. The average Bonchev–Trinajstić information content (AvgIpc) is 3.24. The molecule has 5 nitrogen and oxygen atoms in total. The summed E-state index contributed by atoms with van der Waals surface area (Å²) in [6, 6.07) is 12.7. The van der Waals surface area contributed by atoms with Crippen molar-refractivity contribution in [3.63, 3.8) is 0 Å². The Bertz CT molecular complexity index is 915. The van der Waals surface area contributed by atoms with Crippen molar-refractivity contribution in [2.45, 2.75) is 32.4 Å². The summed E-state index contributed by atoms with van der Waals surface area (Å²) >= 11 is 1.56. The molecule has 1 aromatic carbocycles. The lowest BCUT2D eigenvalue weighted by molar-refractivity contribution is 0.0708. The van der Waals surface area contributed by atoms with Crippen LogP contribution >= 0.6 is 23.7 Å². The smallest absolute Gasteiger partial charge is 0.264 e. The lowest BCUT2D eigenvalue weighted by Crippen LogP contribution is -2.43. The maximum atomic E-state index is 13.0. The van der Waals surface area contributed by atoms with Crippen LogP contribution in [-0.4, -0.2) is 46.8 Å². The molecule has 27 heavy (non-hydrogen) atoms. The summed E-state index contributed by atoms with van der Waals surface area (Å²) < 4.78 is 2.02. The topological polar surface area (TPSA) is 50.2 Å². The van der Waals surface area contributed by atoms with E-state index in [2.05, 4.69) is 22.5 Å². The average molecular weight is 405 g/mol. The summed E-state index contributed by atoms with van der Waals surface area (Å²) in [5, 5.41) is 9.12. The summed E-state index contributed by atoms with van der Waals surface area (Å²) in [4.78, 5) is 16.8. The van der Waals surface area contributed by atoms with Crippen molar-refractivity contribution in [3.8, 4) is 0 Å². The molecule has 7 heteroatoms. The third-order valence-electron chi connectivity index (χ3n) is 5.17. The van der Waals surface area contributed by atoms with Gasteiger partial charge in [-0.1, -0.05) is 30.3 Å². The van der Waals surface area contributed by atoms with Crippen molar-refractivity contribution in [2.24, 2.45) is 0 Å². The first-order valence-corrected chi connectivity index (χ1v) is 9.94. The lowest BCUT2D eigenvalue weighted by Gasteiger charge is -2.31. The highest BCUT2D eigenvalue weighted by molar-refractivity contribution is 7.20. The molecule has 0 spiro atoms. The molecule has 0 unspecified atom stereocenters. The van der Waals surface area contributed by atoms with E-state index in [9.17, 15) is 4.79 Å². The van der Waals surface area contributed by atoms with Gasteiger partial charge in [-0.05, 0) is 44.5 Å². The molecule has 0 bridgehead atoms. The Labute approximate surface area is 169 Å². The fraction of sp³-hybridized carbons (Fsp3) is 0.400. The van der Waals surface area contributed by atoms with Crippen molar-refractivity contribution in [3.05, 3.63) is 52.5 Å². The molecule has 2 aromatic heterocycles. The second-order valence-corrected chi connectivity index (χ2v) is 7.99. The number of benzene rings is 1. The van der Waals surface area contributed by atoms with Crippen LogP contribution in [0, 0.1) is 6.92 Å². The Morgan fingerprint density at radius 3 is 2.70 bits per heavy atom. The van der Waals surface area contributed by atoms with Gasteiger partial charge in [0.2, 0.25) is 0 Å². The van der Waals surface area contributed by atoms with E-state index in [0.717, 1.165) is 53.3 Å². The quantitative estimate of drug-likeness (QED) is 0.721. The summed E-state index contributed by atoms with van der Waals surface area (Å²) in [5.41, 5.74) is 2.20. The Balaban J connectivity index is 0.00000210. The molecule has 4 rings (SSSR count). The van der Waals surface area contributed by atoms with Crippen LogP contribution in [0.5, 0.6) is 0 Å². The largest absolute Gasteiger partial charge is 0.338 e. The molecule has 1 N–H and O–H groups in total. The highest BCUT2D eigenvalue weighted by Gasteiger charge is 2.25. The van der Waals surface area contributed by atoms with E-state index >= 15 is 0 Å². The number of carbonyl (C=O) groups is 1. The number of halogens is 1. The van der Waals surface area contributed by atoms with Crippen LogP contribution in [0.3, 0.4) is 0 Å². The van der Waals surface area contributed by atoms with Crippen LogP contribution in [0.4, 0.5) is 0 Å². The Hall–Kier alpha value is -1.89. The Morgan fingerprint density at radius 2 is 2.00 bits per heavy atom. The predicted octanol–water partition coefficient (Wildman–Crippen LogP) is 3.70. The number of nitrogens with one attached hydrogen (secondary N) is 1. The van der Waals surface area contributed by atoms with Gasteiger partial charge in [0.25, 0.3) is 5.91 Å². The monoisotopic (exact) mass is 404 g/mol. The van der Waals surface area contributed by atoms with E-state index in [0.29, 0.717) is 6.04 Å². The molecular weight excluding hydrogens is 380 g/mol. The molecule has 0 radical (unpaired) electrons. The summed E-state index contributed by atoms with van der Waals surface area (Å²) in [5.74, 6) is 0.128. The number of aromatic nitrogens is 2. The number of rotatable bonds is 4. The normalized spacial score (nSPS) is 14.9. The lowest BCUT2D eigenvalue weighted by atomic mass is 10.1. The Kier molecular flexibility index (Phi) is 6.19. The number of thiophene rings is 1. The molecule has 1 fully saturated rings. The standard InChI is InChI=1S/C20H24N4OS.ClH/c1-14-17-12-18(19(25)23(2)16-8-10-21-11-9-16)26-20(17)24(22-14)13-15-6-4-3-5-7-15;/h3-7,12,16,21H,8-11,13H2,1-2H3;1H. The first kappa shape index (κ1) is 19.9. The summed E-state index contributed by atoms with van der Waals surface area (Å²) in [7, 11) is 1.94. The minimum Gasteiger partial charge on any atom is -0.338 e. The maximum Gasteiger partial charge on any atom is 0.264 e. The third-order valence-corrected chi connectivity index (χ3v) is 6.31. The zero-order valence-electron chi connectivity index (χ0n) is 15.6. The van der Waals surface area contributed by atoms with E-state index in [1.807, 2.05) is 47.8 Å². The zero-order chi connectivity index (χ0) is 18.1. The van der Waals surface area contributed by atoms with Gasteiger partial charge in [0, 0.05) is 18.5 Å². The predicted molar refractivity (Wildman–Crippen MR) is 113 cm³/mol. The van der Waals surface area contributed by atoms with Crippen molar-refractivity contribution >= 4 is 39.9 Å². The molecule has 1 amide bonds. The third kappa shape index (κ3) is 4.03. The van der Waals surface area contributed by atoms with Crippen molar-refractivity contribution in [2.75, 3.05) is 20.1 Å². The van der Waals surface area contributed by atoms with Crippen LogP contribution in [0.25, 0.3) is 10.2 Å². The molecule has 144 valence electrons. The Morgan fingerprint density at radius 1 is 1.30 bits per heavy atom. The fourth-order valence-electron chi connectivity index (χ4n) is 3.62. The van der Waals surface area contributed by atoms with Crippen molar-refractivity contribution in [1.29, 1.82) is 0 Å². The SMILES string of the molecule is Cc1nn(Cc2ccccc2)c2sc(C(=O)N(C)C3CCNCC3)cc12.Cl. The van der Waals surface area contributed by atoms with E-state index < -0.39 is 0 Å². The summed E-state index contributed by atoms with van der Waals surface area (Å²) in [6.07, 6.45) is 2.04. The van der Waals surface area contributed by atoms with Gasteiger partial charge < -0.3 is 10.2 Å². The zero-order valence-corrected chi connectivity index (χ0v) is 17.3. The maximum absolute atomic E-state index is 13.0. The number of hydrogen-bond donors (Lipinski definition) is 1. The number of carbonyl (C=O) groups excluding carboxylic acids is 1. The first-order valence-electron chi connectivity index (χ1n) is 9.12. The van der Waals surface area contributed by atoms with E-state index in [4.69, 9.17) is 0 Å². The molecular formula is C20H25ClN4OS. The van der Waals surface area contributed by atoms with Crippen LogP contribution in [0.1, 0.15) is 33.8 Å². The summed E-state index contributed by atoms with van der Waals surface area (Å²) in [6.45, 7) is 4.71. The van der Waals surface area contributed by atoms with Gasteiger partial charge in [-0.2, -0.15) is 5.10 Å².